The summed E-state index contributed by atoms with van der Waals surface area (Å²) in [5.74, 6) is 0.871. The van der Waals surface area contributed by atoms with Crippen LogP contribution in [0.15, 0.2) is 29.5 Å². The number of benzene rings is 1. The van der Waals surface area contributed by atoms with Gasteiger partial charge < -0.3 is 10.2 Å². The third kappa shape index (κ3) is 3.42. The summed E-state index contributed by atoms with van der Waals surface area (Å²) in [7, 11) is 1.87. The molecule has 2 amide bonds. The molecule has 2 heterocycles. The Hall–Kier alpha value is -1.92. The smallest absolute Gasteiger partial charge is 0.239 e. The Morgan fingerprint density at radius 3 is 2.80 bits per heavy atom. The van der Waals surface area contributed by atoms with Gasteiger partial charge in [-0.3, -0.25) is 9.59 Å². The first kappa shape index (κ1) is 23.5. The molecule has 0 bridgehead atoms. The van der Waals surface area contributed by atoms with Gasteiger partial charge in [-0.1, -0.05) is 54.8 Å². The molecule has 1 aromatic heterocycles. The summed E-state index contributed by atoms with van der Waals surface area (Å²) in [6.07, 6.45) is 8.14. The zero-order valence-corrected chi connectivity index (χ0v) is 22.6. The number of anilines is 1. The van der Waals surface area contributed by atoms with E-state index in [1.807, 2.05) is 24.1 Å². The number of para-hydroxylation sites is 1. The molecule has 6 atom stereocenters. The number of nitrogens with zero attached hydrogens (tertiary/aromatic N) is 2. The molecule has 35 heavy (non-hydrogen) atoms. The Balaban J connectivity index is 1.32. The zero-order chi connectivity index (χ0) is 24.7. The Morgan fingerprint density at radius 2 is 2.03 bits per heavy atom. The summed E-state index contributed by atoms with van der Waals surface area (Å²) < 4.78 is 0.921. The van der Waals surface area contributed by atoms with Crippen LogP contribution in [0.5, 0.6) is 0 Å². The van der Waals surface area contributed by atoms with Crippen molar-refractivity contribution in [3.8, 4) is 0 Å². The first-order valence-corrected chi connectivity index (χ1v) is 14.2. The number of amides is 2. The van der Waals surface area contributed by atoms with Gasteiger partial charge in [0.25, 0.3) is 0 Å². The predicted octanol–water partition coefficient (Wildman–Crippen LogP) is 6.88. The third-order valence-electron chi connectivity index (χ3n) is 10.0. The van der Waals surface area contributed by atoms with Gasteiger partial charge in [0.15, 0.2) is 5.13 Å². The number of thiazole rings is 1. The normalized spacial score (nSPS) is 36.7. The molecule has 1 unspecified atom stereocenters. The standard InChI is InChI=1S/C28H34ClN3O2S/c1-15-13-16-18-7-6-11-27(18,2)12-10-19(16)28(3)14-17(25(34)32(4)23(15)28)24(33)31-26-30-22-20(29)8-5-9-21(22)35-26/h5,8-9,16-19H,6-7,10-14H2,1-4H3,(H,30,31,33)/t16-,17?,18-,19+,27-,28+/m0/s1. The van der Waals surface area contributed by atoms with E-state index < -0.39 is 5.92 Å². The molecule has 1 N–H and O–H groups in total. The van der Waals surface area contributed by atoms with Crippen LogP contribution in [-0.4, -0.2) is 28.7 Å². The summed E-state index contributed by atoms with van der Waals surface area (Å²) in [5, 5.41) is 4.03. The van der Waals surface area contributed by atoms with E-state index in [1.165, 1.54) is 54.7 Å². The highest BCUT2D eigenvalue weighted by molar-refractivity contribution is 7.22. The van der Waals surface area contributed by atoms with Crippen molar-refractivity contribution in [2.24, 2.45) is 34.5 Å². The summed E-state index contributed by atoms with van der Waals surface area (Å²) in [4.78, 5) is 33.4. The maximum atomic E-state index is 13.5. The van der Waals surface area contributed by atoms with Crippen LogP contribution in [0.25, 0.3) is 10.2 Å². The highest BCUT2D eigenvalue weighted by atomic mass is 35.5. The minimum Gasteiger partial charge on any atom is -0.318 e. The zero-order valence-electron chi connectivity index (χ0n) is 21.0. The maximum Gasteiger partial charge on any atom is 0.239 e. The van der Waals surface area contributed by atoms with E-state index in [2.05, 4.69) is 31.1 Å². The van der Waals surface area contributed by atoms with E-state index in [9.17, 15) is 9.59 Å². The molecule has 2 saturated carbocycles. The van der Waals surface area contributed by atoms with E-state index in [0.717, 1.165) is 17.0 Å². The molecule has 1 aromatic carbocycles. The number of hydrogen-bond donors (Lipinski definition) is 1. The van der Waals surface area contributed by atoms with E-state index in [-0.39, 0.29) is 17.2 Å². The average Bonchev–Trinajstić information content (AvgIpc) is 3.40. The first-order valence-electron chi connectivity index (χ1n) is 13.0. The van der Waals surface area contributed by atoms with Gasteiger partial charge in [0.2, 0.25) is 11.8 Å². The number of fused-ring (bicyclic) bond motifs is 6. The minimum absolute atomic E-state index is 0.103. The van der Waals surface area contributed by atoms with E-state index in [4.69, 9.17) is 11.6 Å². The number of aromatic nitrogens is 1. The maximum absolute atomic E-state index is 13.5. The predicted molar refractivity (Wildman–Crippen MR) is 141 cm³/mol. The Labute approximate surface area is 216 Å². The molecule has 4 aliphatic rings. The number of hydrogen-bond acceptors (Lipinski definition) is 4. The van der Waals surface area contributed by atoms with Crippen molar-refractivity contribution in [3.63, 3.8) is 0 Å². The van der Waals surface area contributed by atoms with Crippen molar-refractivity contribution < 1.29 is 9.59 Å². The Morgan fingerprint density at radius 1 is 1.23 bits per heavy atom. The van der Waals surface area contributed by atoms with Gasteiger partial charge in [-0.2, -0.15) is 0 Å². The molecular formula is C28H34ClN3O2S. The van der Waals surface area contributed by atoms with Crippen LogP contribution in [0.1, 0.15) is 65.7 Å². The lowest BCUT2D eigenvalue weighted by Gasteiger charge is -2.59. The lowest BCUT2D eigenvalue weighted by Crippen LogP contribution is -2.57. The molecule has 7 heteroatoms. The topological polar surface area (TPSA) is 62.3 Å². The molecule has 5 nitrogen and oxygen atoms in total. The fourth-order valence-electron chi connectivity index (χ4n) is 8.61. The molecule has 3 fully saturated rings. The van der Waals surface area contributed by atoms with Crippen LogP contribution in [0, 0.1) is 34.5 Å². The Bertz CT molecular complexity index is 1270. The van der Waals surface area contributed by atoms with Crippen molar-refractivity contribution in [2.45, 2.75) is 65.7 Å². The number of rotatable bonds is 2. The van der Waals surface area contributed by atoms with Gasteiger partial charge in [0, 0.05) is 18.2 Å². The van der Waals surface area contributed by atoms with Gasteiger partial charge in [-0.25, -0.2) is 4.98 Å². The number of allylic oxidation sites excluding steroid dienone is 2. The fourth-order valence-corrected chi connectivity index (χ4v) is 9.78. The molecule has 0 spiro atoms. The number of carbonyl (C=O) groups is 2. The summed E-state index contributed by atoms with van der Waals surface area (Å²) in [6, 6.07) is 5.62. The monoisotopic (exact) mass is 511 g/mol. The van der Waals surface area contributed by atoms with Crippen LogP contribution in [-0.2, 0) is 9.59 Å². The second kappa shape index (κ2) is 8.04. The lowest BCUT2D eigenvalue weighted by atomic mass is 9.48. The first-order chi connectivity index (χ1) is 16.6. The third-order valence-corrected chi connectivity index (χ3v) is 11.3. The van der Waals surface area contributed by atoms with Crippen molar-refractivity contribution in [2.75, 3.05) is 12.4 Å². The lowest BCUT2D eigenvalue weighted by molar-refractivity contribution is -0.147. The number of likely N-dealkylation sites (tertiary alicyclic amines) is 1. The average molecular weight is 512 g/mol. The Kier molecular flexibility index (Phi) is 5.39. The molecular weight excluding hydrogens is 478 g/mol. The SMILES string of the molecule is CC1=C2N(C)C(=O)C(C(=O)Nc3nc4c(Cl)cccc4s3)C[C@]2(C)[C@@H]2CC[C@]3(C)CCC[C@H]3[C@@H]2C1. The van der Waals surface area contributed by atoms with Crippen molar-refractivity contribution >= 4 is 50.1 Å². The quantitative estimate of drug-likeness (QED) is 0.447. The van der Waals surface area contributed by atoms with Crippen LogP contribution < -0.4 is 5.32 Å². The van der Waals surface area contributed by atoms with E-state index >= 15 is 0 Å². The van der Waals surface area contributed by atoms with E-state index in [1.54, 1.807) is 6.07 Å². The van der Waals surface area contributed by atoms with Gasteiger partial charge in [0.05, 0.1) is 9.72 Å². The van der Waals surface area contributed by atoms with Gasteiger partial charge >= 0.3 is 0 Å². The van der Waals surface area contributed by atoms with Gasteiger partial charge in [0.1, 0.15) is 11.4 Å². The summed E-state index contributed by atoms with van der Waals surface area (Å²) >= 11 is 7.68. The molecule has 186 valence electrons. The molecule has 3 aliphatic carbocycles. The number of carbonyl (C=O) groups excluding carboxylic acids is 2. The van der Waals surface area contributed by atoms with Crippen molar-refractivity contribution in [3.05, 3.63) is 34.5 Å². The molecule has 2 aromatic rings. The van der Waals surface area contributed by atoms with Crippen LogP contribution in [0.2, 0.25) is 5.02 Å². The van der Waals surface area contributed by atoms with Crippen LogP contribution in [0.3, 0.4) is 0 Å². The van der Waals surface area contributed by atoms with Crippen molar-refractivity contribution in [1.82, 2.24) is 9.88 Å². The fraction of sp³-hybridized carbons (Fsp3) is 0.607. The van der Waals surface area contributed by atoms with E-state index in [0.29, 0.717) is 39.3 Å². The molecule has 0 radical (unpaired) electrons. The molecule has 1 aliphatic heterocycles. The minimum atomic E-state index is -0.709. The summed E-state index contributed by atoms with van der Waals surface area (Å²) in [6.45, 7) is 7.06. The largest absolute Gasteiger partial charge is 0.318 e. The van der Waals surface area contributed by atoms with Crippen molar-refractivity contribution in [1.29, 1.82) is 0 Å². The highest BCUT2D eigenvalue weighted by Crippen LogP contribution is 2.65. The second-order valence-electron chi connectivity index (χ2n) is 12.0. The second-order valence-corrected chi connectivity index (χ2v) is 13.4. The summed E-state index contributed by atoms with van der Waals surface area (Å²) in [5.41, 5.74) is 3.52. The number of halogens is 1. The molecule has 1 saturated heterocycles. The number of nitrogens with one attached hydrogen (secondary N) is 1. The van der Waals surface area contributed by atoms with Gasteiger partial charge in [-0.15, -0.1) is 0 Å². The van der Waals surface area contributed by atoms with Crippen LogP contribution >= 0.6 is 22.9 Å². The van der Waals surface area contributed by atoms with Gasteiger partial charge in [-0.05, 0) is 80.8 Å². The highest BCUT2D eigenvalue weighted by Gasteiger charge is 2.60. The number of piperidine rings is 1. The molecule has 6 rings (SSSR count). The van der Waals surface area contributed by atoms with Crippen LogP contribution in [0.4, 0.5) is 5.13 Å².